The average Bonchev–Trinajstić information content (AvgIpc) is 2.35. The van der Waals surface area contributed by atoms with Crippen LogP contribution in [-0.4, -0.2) is 22.1 Å². The zero-order valence-electron chi connectivity index (χ0n) is 10.4. The summed E-state index contributed by atoms with van der Waals surface area (Å²) in [5.41, 5.74) is 5.38. The summed E-state index contributed by atoms with van der Waals surface area (Å²) in [5.74, 6) is 0.286. The van der Waals surface area contributed by atoms with Gasteiger partial charge in [-0.1, -0.05) is 38.1 Å². The van der Waals surface area contributed by atoms with Crippen molar-refractivity contribution in [3.05, 3.63) is 30.5 Å². The zero-order valence-corrected chi connectivity index (χ0v) is 10.4. The Kier molecular flexibility index (Phi) is 3.41. The molecule has 0 radical (unpaired) electrons. The zero-order chi connectivity index (χ0) is 13.1. The molecule has 1 amide bonds. The smallest absolute Gasteiger partial charge is 0.240 e. The van der Waals surface area contributed by atoms with Gasteiger partial charge in [0.1, 0.15) is 6.04 Å². The van der Waals surface area contributed by atoms with Gasteiger partial charge in [0.25, 0.3) is 0 Å². The number of amides is 1. The Labute approximate surface area is 105 Å². The minimum absolute atomic E-state index is 0.0864. The van der Waals surface area contributed by atoms with Crippen LogP contribution < -0.4 is 11.1 Å². The number of carbonyl (C=O) groups is 1. The van der Waals surface area contributed by atoms with E-state index in [1.54, 1.807) is 6.20 Å². The number of nitrogens with two attached hydrogens (primary N) is 1. The highest BCUT2D eigenvalue weighted by Crippen LogP contribution is 2.21. The molecule has 94 valence electrons. The summed E-state index contributed by atoms with van der Waals surface area (Å²) >= 11 is 0. The molecule has 0 aliphatic carbocycles. The van der Waals surface area contributed by atoms with Crippen molar-refractivity contribution in [2.45, 2.75) is 19.9 Å². The van der Waals surface area contributed by atoms with E-state index in [0.717, 1.165) is 10.8 Å². The highest BCUT2D eigenvalue weighted by Gasteiger charge is 2.20. The third-order valence-electron chi connectivity index (χ3n) is 2.84. The molecule has 0 saturated heterocycles. The monoisotopic (exact) mass is 244 g/mol. The van der Waals surface area contributed by atoms with E-state index in [1.165, 1.54) is 0 Å². The number of aromatic nitrogens is 2. The lowest BCUT2D eigenvalue weighted by Gasteiger charge is -2.19. The molecule has 0 spiro atoms. The van der Waals surface area contributed by atoms with Crippen LogP contribution in [0.2, 0.25) is 0 Å². The molecular formula is C13H16N4O. The third-order valence-corrected chi connectivity index (χ3v) is 2.84. The first-order valence-corrected chi connectivity index (χ1v) is 5.86. The van der Waals surface area contributed by atoms with Gasteiger partial charge in [0.15, 0.2) is 5.82 Å². The summed E-state index contributed by atoms with van der Waals surface area (Å²) in [4.78, 5) is 11.4. The van der Waals surface area contributed by atoms with Gasteiger partial charge in [-0.2, -0.15) is 5.10 Å². The molecule has 1 aromatic heterocycles. The van der Waals surface area contributed by atoms with Crippen LogP contribution in [0, 0.1) is 5.92 Å². The first-order valence-electron chi connectivity index (χ1n) is 5.86. The van der Waals surface area contributed by atoms with Gasteiger partial charge in [-0.05, 0) is 5.92 Å². The Morgan fingerprint density at radius 2 is 2.06 bits per heavy atom. The predicted molar refractivity (Wildman–Crippen MR) is 71.0 cm³/mol. The Balaban J connectivity index is 2.39. The van der Waals surface area contributed by atoms with Crippen LogP contribution in [0.5, 0.6) is 0 Å². The fraction of sp³-hybridized carbons (Fsp3) is 0.308. The first kappa shape index (κ1) is 12.3. The van der Waals surface area contributed by atoms with E-state index in [-0.39, 0.29) is 11.8 Å². The van der Waals surface area contributed by atoms with Gasteiger partial charge < -0.3 is 11.1 Å². The van der Waals surface area contributed by atoms with Crippen LogP contribution >= 0.6 is 0 Å². The summed E-state index contributed by atoms with van der Waals surface area (Å²) in [6.07, 6.45) is 1.69. The number of nitrogens with zero attached hydrogens (tertiary/aromatic N) is 2. The molecule has 1 heterocycles. The highest BCUT2D eigenvalue weighted by atomic mass is 16.1. The van der Waals surface area contributed by atoms with Crippen molar-refractivity contribution in [3.63, 3.8) is 0 Å². The van der Waals surface area contributed by atoms with Crippen LogP contribution in [0.4, 0.5) is 5.82 Å². The van der Waals surface area contributed by atoms with Crippen LogP contribution in [-0.2, 0) is 4.79 Å². The maximum absolute atomic E-state index is 11.4. The van der Waals surface area contributed by atoms with Crippen LogP contribution in [0.15, 0.2) is 30.5 Å². The first-order chi connectivity index (χ1) is 8.59. The molecule has 0 aliphatic rings. The second-order valence-electron chi connectivity index (χ2n) is 4.55. The minimum Gasteiger partial charge on any atom is -0.368 e. The summed E-state index contributed by atoms with van der Waals surface area (Å²) < 4.78 is 0. The van der Waals surface area contributed by atoms with E-state index in [4.69, 9.17) is 5.73 Å². The Morgan fingerprint density at radius 3 is 2.72 bits per heavy atom. The lowest BCUT2D eigenvalue weighted by atomic mass is 10.0. The molecule has 3 N–H and O–H groups in total. The second-order valence-corrected chi connectivity index (χ2v) is 4.55. The Hall–Kier alpha value is -2.17. The van der Waals surface area contributed by atoms with E-state index in [0.29, 0.717) is 5.82 Å². The number of rotatable bonds is 4. The maximum atomic E-state index is 11.4. The molecule has 1 unspecified atom stereocenters. The topological polar surface area (TPSA) is 80.9 Å². The molecule has 1 aromatic carbocycles. The minimum atomic E-state index is -0.454. The second kappa shape index (κ2) is 5.00. The molecule has 0 fully saturated rings. The standard InChI is InChI=1S/C13H16N4O/c1-8(2)11(12(14)18)16-13-10-6-4-3-5-9(10)7-15-17-13/h3-8,11H,1-2H3,(H2,14,18)(H,16,17). The van der Waals surface area contributed by atoms with E-state index >= 15 is 0 Å². The van der Waals surface area contributed by atoms with Crippen molar-refractivity contribution in [1.29, 1.82) is 0 Å². The van der Waals surface area contributed by atoms with Crippen LogP contribution in [0.1, 0.15) is 13.8 Å². The molecule has 2 rings (SSSR count). The van der Waals surface area contributed by atoms with E-state index in [2.05, 4.69) is 15.5 Å². The number of nitrogens with one attached hydrogen (secondary N) is 1. The number of hydrogen-bond acceptors (Lipinski definition) is 4. The molecule has 1 atom stereocenters. The fourth-order valence-corrected chi connectivity index (χ4v) is 1.85. The molecule has 0 bridgehead atoms. The average molecular weight is 244 g/mol. The van der Waals surface area contributed by atoms with Crippen molar-refractivity contribution in [2.24, 2.45) is 11.7 Å². The van der Waals surface area contributed by atoms with Crippen LogP contribution in [0.3, 0.4) is 0 Å². The van der Waals surface area contributed by atoms with Gasteiger partial charge in [-0.15, -0.1) is 5.10 Å². The molecular weight excluding hydrogens is 228 g/mol. The molecule has 18 heavy (non-hydrogen) atoms. The normalized spacial score (nSPS) is 12.6. The number of fused-ring (bicyclic) bond motifs is 1. The predicted octanol–water partition coefficient (Wildman–Crippen LogP) is 1.55. The molecule has 5 heteroatoms. The lowest BCUT2D eigenvalue weighted by Crippen LogP contribution is -2.39. The van der Waals surface area contributed by atoms with Gasteiger partial charge in [0, 0.05) is 10.8 Å². The van der Waals surface area contributed by atoms with Crippen LogP contribution in [0.25, 0.3) is 10.8 Å². The largest absolute Gasteiger partial charge is 0.368 e. The van der Waals surface area contributed by atoms with Crippen molar-refractivity contribution < 1.29 is 4.79 Å². The van der Waals surface area contributed by atoms with Gasteiger partial charge in [-0.3, -0.25) is 4.79 Å². The summed E-state index contributed by atoms with van der Waals surface area (Å²) in [7, 11) is 0. The number of primary amides is 1. The van der Waals surface area contributed by atoms with Crippen molar-refractivity contribution in [3.8, 4) is 0 Å². The van der Waals surface area contributed by atoms with E-state index in [9.17, 15) is 4.79 Å². The molecule has 5 nitrogen and oxygen atoms in total. The van der Waals surface area contributed by atoms with Crippen molar-refractivity contribution in [2.75, 3.05) is 5.32 Å². The summed E-state index contributed by atoms with van der Waals surface area (Å²) in [5, 5.41) is 12.9. The van der Waals surface area contributed by atoms with Gasteiger partial charge in [0.05, 0.1) is 6.20 Å². The molecule has 0 saturated carbocycles. The lowest BCUT2D eigenvalue weighted by molar-refractivity contribution is -0.119. The van der Waals surface area contributed by atoms with Gasteiger partial charge in [-0.25, -0.2) is 0 Å². The number of benzene rings is 1. The molecule has 2 aromatic rings. The number of hydrogen-bond donors (Lipinski definition) is 2. The van der Waals surface area contributed by atoms with Crippen molar-refractivity contribution in [1.82, 2.24) is 10.2 Å². The van der Waals surface area contributed by atoms with E-state index < -0.39 is 6.04 Å². The van der Waals surface area contributed by atoms with E-state index in [1.807, 2.05) is 38.1 Å². The number of carbonyl (C=O) groups excluding carboxylic acids is 1. The SMILES string of the molecule is CC(C)C(Nc1nncc2ccccc12)C(N)=O. The summed E-state index contributed by atoms with van der Waals surface area (Å²) in [6, 6.07) is 7.28. The van der Waals surface area contributed by atoms with Gasteiger partial charge in [0.2, 0.25) is 5.91 Å². The Bertz CT molecular complexity index is 562. The Morgan fingerprint density at radius 1 is 1.33 bits per heavy atom. The third kappa shape index (κ3) is 2.40. The highest BCUT2D eigenvalue weighted by molar-refractivity contribution is 5.93. The summed E-state index contributed by atoms with van der Waals surface area (Å²) in [6.45, 7) is 3.86. The maximum Gasteiger partial charge on any atom is 0.240 e. The quantitative estimate of drug-likeness (QED) is 0.855. The van der Waals surface area contributed by atoms with Crippen molar-refractivity contribution >= 4 is 22.5 Å². The molecule has 0 aliphatic heterocycles. The number of anilines is 1. The fourth-order valence-electron chi connectivity index (χ4n) is 1.85. The van der Waals surface area contributed by atoms with Gasteiger partial charge >= 0.3 is 0 Å².